The molecule has 0 aromatic carbocycles. The highest BCUT2D eigenvalue weighted by Crippen LogP contribution is 2.05. The van der Waals surface area contributed by atoms with Gasteiger partial charge in [0, 0.05) is 0 Å². The Hall–Kier alpha value is -0.210. The van der Waals surface area contributed by atoms with Crippen molar-refractivity contribution in [1.82, 2.24) is 0 Å². The number of morpholine rings is 1. The first kappa shape index (κ1) is 14.8. The van der Waals surface area contributed by atoms with Crippen molar-refractivity contribution in [3.05, 3.63) is 0 Å². The van der Waals surface area contributed by atoms with E-state index in [-0.39, 0.29) is 0 Å². The lowest BCUT2D eigenvalue weighted by Crippen LogP contribution is -2.51. The van der Waals surface area contributed by atoms with Gasteiger partial charge in [0.15, 0.2) is 0 Å². The molecule has 0 saturated carbocycles. The number of quaternary nitrogens is 1. The molecule has 0 spiro atoms. The summed E-state index contributed by atoms with van der Waals surface area (Å²) in [5.74, 6) is 0. The van der Waals surface area contributed by atoms with Gasteiger partial charge in [0.05, 0.1) is 33.9 Å². The van der Waals surface area contributed by atoms with Gasteiger partial charge in [-0.1, -0.05) is 0 Å². The molecule has 1 aliphatic heterocycles. The highest BCUT2D eigenvalue weighted by atomic mass is 32.3. The molecule has 0 amide bonds. The standard InChI is InChI=1S/C7H16NO.CH4O4S/c1-3-8(2)4-6-9-7-5-8;1-5-6(2,3)4/h3-7H2,1-2H3;1H3,(H,2,3,4)/q+1;. The van der Waals surface area contributed by atoms with Crippen molar-refractivity contribution < 1.29 is 26.4 Å². The number of likely N-dealkylation sites (N-methyl/N-ethyl adjacent to an activating group) is 1. The predicted octanol–water partition coefficient (Wildman–Crippen LogP) is -0.0813. The van der Waals surface area contributed by atoms with Gasteiger partial charge in [-0.3, -0.25) is 8.74 Å². The van der Waals surface area contributed by atoms with Crippen LogP contribution in [0.2, 0.25) is 0 Å². The second-order valence-electron chi connectivity index (χ2n) is 3.59. The lowest BCUT2D eigenvalue weighted by molar-refractivity contribution is -0.915. The van der Waals surface area contributed by atoms with E-state index in [0.29, 0.717) is 0 Å². The van der Waals surface area contributed by atoms with Gasteiger partial charge < -0.3 is 9.22 Å². The van der Waals surface area contributed by atoms with Crippen LogP contribution < -0.4 is 0 Å². The van der Waals surface area contributed by atoms with E-state index < -0.39 is 10.4 Å². The van der Waals surface area contributed by atoms with Crippen molar-refractivity contribution >= 4 is 10.4 Å². The Labute approximate surface area is 91.3 Å². The van der Waals surface area contributed by atoms with Gasteiger partial charge in [-0.05, 0) is 6.92 Å². The lowest BCUT2D eigenvalue weighted by atomic mass is 10.3. The summed E-state index contributed by atoms with van der Waals surface area (Å²) in [6, 6.07) is 0. The molecule has 0 radical (unpaired) electrons. The Morgan fingerprint density at radius 3 is 2.00 bits per heavy atom. The molecular weight excluding hydrogens is 222 g/mol. The van der Waals surface area contributed by atoms with Gasteiger partial charge in [0.1, 0.15) is 13.1 Å². The number of hydrogen-bond acceptors (Lipinski definition) is 4. The fourth-order valence-corrected chi connectivity index (χ4v) is 1.10. The number of ether oxygens (including phenoxy) is 1. The van der Waals surface area contributed by atoms with E-state index in [2.05, 4.69) is 18.2 Å². The molecule has 0 bridgehead atoms. The van der Waals surface area contributed by atoms with Crippen LogP contribution in [0, 0.1) is 0 Å². The number of hydrogen-bond donors (Lipinski definition) is 1. The molecule has 0 aliphatic carbocycles. The minimum Gasteiger partial charge on any atom is -0.370 e. The van der Waals surface area contributed by atoms with Gasteiger partial charge in [-0.15, -0.1) is 0 Å². The minimum atomic E-state index is -4.16. The molecule has 1 aliphatic rings. The molecule has 7 heteroatoms. The zero-order valence-electron chi connectivity index (χ0n) is 9.47. The van der Waals surface area contributed by atoms with E-state index in [4.69, 9.17) is 9.29 Å². The Kier molecular flexibility index (Phi) is 6.30. The van der Waals surface area contributed by atoms with E-state index in [9.17, 15) is 8.42 Å². The maximum atomic E-state index is 9.33. The summed E-state index contributed by atoms with van der Waals surface area (Å²) in [6.07, 6.45) is 0. The van der Waals surface area contributed by atoms with Crippen LogP contribution in [0.1, 0.15) is 6.92 Å². The van der Waals surface area contributed by atoms with Crippen molar-refractivity contribution in [2.24, 2.45) is 0 Å². The van der Waals surface area contributed by atoms with E-state index in [0.717, 1.165) is 20.3 Å². The van der Waals surface area contributed by atoms with E-state index in [1.54, 1.807) is 0 Å². The summed E-state index contributed by atoms with van der Waals surface area (Å²) in [7, 11) is -0.997. The fourth-order valence-electron chi connectivity index (χ4n) is 1.10. The summed E-state index contributed by atoms with van der Waals surface area (Å²) in [5, 5.41) is 0. The van der Waals surface area contributed by atoms with Crippen LogP contribution in [0.3, 0.4) is 0 Å². The Balaban J connectivity index is 0.000000288. The SMILES string of the molecule is CC[N+]1(C)CCOCC1.COS(=O)(=O)O. The predicted molar refractivity (Wildman–Crippen MR) is 55.8 cm³/mol. The average Bonchev–Trinajstić information content (AvgIpc) is 2.19. The van der Waals surface area contributed by atoms with Gasteiger partial charge in [0.25, 0.3) is 0 Å². The molecule has 1 rings (SSSR count). The molecular formula is C8H20NO5S+. The summed E-state index contributed by atoms with van der Waals surface area (Å²) < 4.78 is 36.2. The third kappa shape index (κ3) is 7.69. The Morgan fingerprint density at radius 2 is 1.80 bits per heavy atom. The second kappa shape index (κ2) is 6.39. The largest absolute Gasteiger partial charge is 0.397 e. The average molecular weight is 242 g/mol. The molecule has 1 fully saturated rings. The minimum absolute atomic E-state index is 0.870. The number of nitrogens with zero attached hydrogens (tertiary/aromatic N) is 1. The maximum absolute atomic E-state index is 9.33. The molecule has 0 unspecified atom stereocenters. The van der Waals surface area contributed by atoms with Gasteiger partial charge >= 0.3 is 10.4 Å². The van der Waals surface area contributed by atoms with Crippen molar-refractivity contribution in [2.45, 2.75) is 6.92 Å². The first-order valence-corrected chi connectivity index (χ1v) is 6.14. The third-order valence-electron chi connectivity index (χ3n) is 2.52. The van der Waals surface area contributed by atoms with Crippen LogP contribution in [0.4, 0.5) is 0 Å². The first-order valence-electron chi connectivity index (χ1n) is 4.77. The zero-order valence-corrected chi connectivity index (χ0v) is 10.3. The highest BCUT2D eigenvalue weighted by Gasteiger charge is 2.21. The molecule has 1 N–H and O–H groups in total. The van der Waals surface area contributed by atoms with Crippen molar-refractivity contribution in [1.29, 1.82) is 0 Å². The molecule has 6 nitrogen and oxygen atoms in total. The van der Waals surface area contributed by atoms with E-state index in [1.165, 1.54) is 24.1 Å². The molecule has 0 aromatic heterocycles. The zero-order chi connectivity index (χ0) is 11.9. The van der Waals surface area contributed by atoms with Crippen LogP contribution in [0.15, 0.2) is 0 Å². The molecule has 0 atom stereocenters. The maximum Gasteiger partial charge on any atom is 0.397 e. The lowest BCUT2D eigenvalue weighted by Gasteiger charge is -2.36. The summed E-state index contributed by atoms with van der Waals surface area (Å²) >= 11 is 0. The topological polar surface area (TPSA) is 72.8 Å². The van der Waals surface area contributed by atoms with Crippen LogP contribution in [0.5, 0.6) is 0 Å². The summed E-state index contributed by atoms with van der Waals surface area (Å²) in [5.41, 5.74) is 0. The normalized spacial score (nSPS) is 20.3. The van der Waals surface area contributed by atoms with Crippen LogP contribution in [-0.4, -0.2) is 64.5 Å². The fraction of sp³-hybridized carbons (Fsp3) is 1.00. The highest BCUT2D eigenvalue weighted by molar-refractivity contribution is 7.80. The van der Waals surface area contributed by atoms with Crippen molar-refractivity contribution in [3.63, 3.8) is 0 Å². The van der Waals surface area contributed by atoms with Gasteiger partial charge in [-0.25, -0.2) is 0 Å². The molecule has 1 heterocycles. The molecule has 0 aromatic rings. The quantitative estimate of drug-likeness (QED) is 0.541. The van der Waals surface area contributed by atoms with Gasteiger partial charge in [-0.2, -0.15) is 8.42 Å². The van der Waals surface area contributed by atoms with Crippen LogP contribution in [0.25, 0.3) is 0 Å². The van der Waals surface area contributed by atoms with Gasteiger partial charge in [0.2, 0.25) is 0 Å². The Morgan fingerprint density at radius 1 is 1.40 bits per heavy atom. The van der Waals surface area contributed by atoms with E-state index in [1.807, 2.05) is 0 Å². The molecule has 15 heavy (non-hydrogen) atoms. The monoisotopic (exact) mass is 242 g/mol. The molecule has 1 saturated heterocycles. The van der Waals surface area contributed by atoms with Crippen molar-refractivity contribution in [3.8, 4) is 0 Å². The first-order chi connectivity index (χ1) is 6.83. The van der Waals surface area contributed by atoms with Crippen LogP contribution >= 0.6 is 0 Å². The second-order valence-corrected chi connectivity index (χ2v) is 4.78. The third-order valence-corrected chi connectivity index (χ3v) is 2.95. The number of rotatable bonds is 2. The van der Waals surface area contributed by atoms with E-state index >= 15 is 0 Å². The Bertz CT molecular complexity index is 258. The smallest absolute Gasteiger partial charge is 0.370 e. The van der Waals surface area contributed by atoms with Crippen LogP contribution in [-0.2, 0) is 19.3 Å². The summed E-state index contributed by atoms with van der Waals surface area (Å²) in [6.45, 7) is 7.76. The van der Waals surface area contributed by atoms with Crippen molar-refractivity contribution in [2.75, 3.05) is 47.0 Å². The molecule has 92 valence electrons. The summed E-state index contributed by atoms with van der Waals surface area (Å²) in [4.78, 5) is 0.